The van der Waals surface area contributed by atoms with E-state index in [-0.39, 0.29) is 5.56 Å². The number of nitrogens with one attached hydrogen (secondary N) is 1. The molecule has 2 rings (SSSR count). The summed E-state index contributed by atoms with van der Waals surface area (Å²) in [6.07, 6.45) is 2.68. The highest BCUT2D eigenvalue weighted by Crippen LogP contribution is 2.10. The quantitative estimate of drug-likeness (QED) is 0.773. The van der Waals surface area contributed by atoms with Gasteiger partial charge in [0.25, 0.3) is 5.56 Å². The van der Waals surface area contributed by atoms with Gasteiger partial charge in [-0.25, -0.2) is 0 Å². The van der Waals surface area contributed by atoms with Gasteiger partial charge in [0, 0.05) is 38.0 Å². The molecule has 4 nitrogen and oxygen atoms in total. The zero-order valence-electron chi connectivity index (χ0n) is 10.3. The van der Waals surface area contributed by atoms with Crippen molar-refractivity contribution < 1.29 is 4.74 Å². The van der Waals surface area contributed by atoms with Crippen molar-refractivity contribution in [3.05, 3.63) is 34.2 Å². The van der Waals surface area contributed by atoms with E-state index in [0.29, 0.717) is 6.10 Å². The van der Waals surface area contributed by atoms with E-state index in [1.807, 2.05) is 13.0 Å². The normalized spacial score (nSPS) is 19.7. The minimum absolute atomic E-state index is 0.0731. The molecule has 0 radical (unpaired) electrons. The molecule has 94 valence electrons. The number of pyridine rings is 1. The highest BCUT2D eigenvalue weighted by atomic mass is 16.5. The molecule has 1 fully saturated rings. The first-order valence-electron chi connectivity index (χ1n) is 6.26. The van der Waals surface area contributed by atoms with E-state index in [2.05, 4.69) is 5.32 Å². The fourth-order valence-corrected chi connectivity index (χ4v) is 2.17. The monoisotopic (exact) mass is 236 g/mol. The van der Waals surface area contributed by atoms with Crippen LogP contribution >= 0.6 is 0 Å². The zero-order chi connectivity index (χ0) is 12.1. The maximum atomic E-state index is 11.6. The molecule has 17 heavy (non-hydrogen) atoms. The van der Waals surface area contributed by atoms with Crippen molar-refractivity contribution in [2.24, 2.45) is 0 Å². The molecule has 1 N–H and O–H groups in total. The van der Waals surface area contributed by atoms with Gasteiger partial charge in [-0.3, -0.25) is 4.79 Å². The van der Waals surface area contributed by atoms with E-state index in [0.717, 1.165) is 38.4 Å². The second-order valence-electron chi connectivity index (χ2n) is 4.50. The van der Waals surface area contributed by atoms with Gasteiger partial charge in [0.15, 0.2) is 0 Å². The molecule has 0 saturated carbocycles. The SMILES string of the molecule is Cc1cccc(=O)n1CCNCC1CCCO1. The molecule has 1 aliphatic heterocycles. The van der Waals surface area contributed by atoms with Gasteiger partial charge in [0.2, 0.25) is 0 Å². The Hall–Kier alpha value is -1.13. The predicted octanol–water partition coefficient (Wildman–Crippen LogP) is 0.925. The van der Waals surface area contributed by atoms with E-state index in [1.165, 1.54) is 6.42 Å². The summed E-state index contributed by atoms with van der Waals surface area (Å²) in [7, 11) is 0. The van der Waals surface area contributed by atoms with Crippen LogP contribution in [0, 0.1) is 6.92 Å². The van der Waals surface area contributed by atoms with Crippen LogP contribution in [0.3, 0.4) is 0 Å². The molecule has 1 aliphatic rings. The number of ether oxygens (including phenoxy) is 1. The van der Waals surface area contributed by atoms with Crippen LogP contribution in [0.5, 0.6) is 0 Å². The van der Waals surface area contributed by atoms with E-state index in [1.54, 1.807) is 16.7 Å². The van der Waals surface area contributed by atoms with Crippen molar-refractivity contribution in [1.29, 1.82) is 0 Å². The Labute approximate surface area is 102 Å². The highest BCUT2D eigenvalue weighted by Gasteiger charge is 2.14. The number of nitrogens with zero attached hydrogens (tertiary/aromatic N) is 1. The number of hydrogen-bond acceptors (Lipinski definition) is 3. The molecule has 1 aromatic rings. The molecule has 4 heteroatoms. The summed E-state index contributed by atoms with van der Waals surface area (Å²) in [6.45, 7) is 5.27. The molecule has 0 spiro atoms. The minimum Gasteiger partial charge on any atom is -0.377 e. The molecule has 0 amide bonds. The predicted molar refractivity (Wildman–Crippen MR) is 67.3 cm³/mol. The Morgan fingerprint density at radius 1 is 1.53 bits per heavy atom. The lowest BCUT2D eigenvalue weighted by molar-refractivity contribution is 0.110. The summed E-state index contributed by atoms with van der Waals surface area (Å²) < 4.78 is 7.32. The largest absolute Gasteiger partial charge is 0.377 e. The van der Waals surface area contributed by atoms with Gasteiger partial charge in [-0.15, -0.1) is 0 Å². The van der Waals surface area contributed by atoms with Crippen molar-refractivity contribution in [2.75, 3.05) is 19.7 Å². The first-order valence-corrected chi connectivity index (χ1v) is 6.26. The second-order valence-corrected chi connectivity index (χ2v) is 4.50. The Morgan fingerprint density at radius 2 is 2.41 bits per heavy atom. The molecule has 0 bridgehead atoms. The van der Waals surface area contributed by atoms with Gasteiger partial charge in [0.05, 0.1) is 6.10 Å². The topological polar surface area (TPSA) is 43.3 Å². The molecule has 0 aliphatic carbocycles. The van der Waals surface area contributed by atoms with Gasteiger partial charge in [0.1, 0.15) is 0 Å². The van der Waals surface area contributed by atoms with Crippen molar-refractivity contribution in [3.8, 4) is 0 Å². The van der Waals surface area contributed by atoms with E-state index >= 15 is 0 Å². The standard InChI is InChI=1S/C13H20N2O2/c1-11-4-2-6-13(16)15(11)8-7-14-10-12-5-3-9-17-12/h2,4,6,12,14H,3,5,7-10H2,1H3. The van der Waals surface area contributed by atoms with Crippen LogP contribution in [-0.2, 0) is 11.3 Å². The molecule has 2 heterocycles. The Balaban J connectivity index is 1.76. The van der Waals surface area contributed by atoms with Gasteiger partial charge >= 0.3 is 0 Å². The fourth-order valence-electron chi connectivity index (χ4n) is 2.17. The molecular formula is C13H20N2O2. The Morgan fingerprint density at radius 3 is 3.12 bits per heavy atom. The van der Waals surface area contributed by atoms with E-state index < -0.39 is 0 Å². The Kier molecular flexibility index (Phi) is 4.34. The summed E-state index contributed by atoms with van der Waals surface area (Å²) >= 11 is 0. The van der Waals surface area contributed by atoms with Crippen LogP contribution in [0.4, 0.5) is 0 Å². The average Bonchev–Trinajstić information content (AvgIpc) is 2.80. The number of rotatable bonds is 5. The van der Waals surface area contributed by atoms with Crippen LogP contribution < -0.4 is 10.9 Å². The zero-order valence-corrected chi connectivity index (χ0v) is 10.3. The van der Waals surface area contributed by atoms with Crippen LogP contribution in [0.15, 0.2) is 23.0 Å². The first-order chi connectivity index (χ1) is 8.27. The van der Waals surface area contributed by atoms with Crippen molar-refractivity contribution in [1.82, 2.24) is 9.88 Å². The third kappa shape index (κ3) is 3.41. The lowest BCUT2D eigenvalue weighted by Crippen LogP contribution is -2.32. The lowest BCUT2D eigenvalue weighted by atomic mass is 10.2. The van der Waals surface area contributed by atoms with Gasteiger partial charge in [-0.2, -0.15) is 0 Å². The highest BCUT2D eigenvalue weighted by molar-refractivity contribution is 5.04. The number of hydrogen-bond donors (Lipinski definition) is 1. The maximum Gasteiger partial charge on any atom is 0.250 e. The summed E-state index contributed by atoms with van der Waals surface area (Å²) in [5.74, 6) is 0. The van der Waals surface area contributed by atoms with Gasteiger partial charge in [-0.1, -0.05) is 6.07 Å². The number of aryl methyl sites for hydroxylation is 1. The molecule has 1 saturated heterocycles. The van der Waals surface area contributed by atoms with Crippen molar-refractivity contribution in [2.45, 2.75) is 32.4 Å². The molecule has 0 aromatic carbocycles. The van der Waals surface area contributed by atoms with E-state index in [4.69, 9.17) is 4.74 Å². The third-order valence-corrected chi connectivity index (χ3v) is 3.18. The number of aromatic nitrogens is 1. The van der Waals surface area contributed by atoms with Gasteiger partial charge < -0.3 is 14.6 Å². The van der Waals surface area contributed by atoms with Crippen LogP contribution in [0.25, 0.3) is 0 Å². The fraction of sp³-hybridized carbons (Fsp3) is 0.615. The maximum absolute atomic E-state index is 11.6. The lowest BCUT2D eigenvalue weighted by Gasteiger charge is -2.12. The van der Waals surface area contributed by atoms with Gasteiger partial charge in [-0.05, 0) is 25.8 Å². The van der Waals surface area contributed by atoms with Crippen LogP contribution in [0.2, 0.25) is 0 Å². The summed E-state index contributed by atoms with van der Waals surface area (Å²) in [5, 5.41) is 3.35. The Bertz CT molecular complexity index is 408. The van der Waals surface area contributed by atoms with Crippen LogP contribution in [-0.4, -0.2) is 30.4 Å². The molecule has 1 aromatic heterocycles. The molecule has 1 unspecified atom stereocenters. The summed E-state index contributed by atoms with van der Waals surface area (Å²) in [4.78, 5) is 11.6. The van der Waals surface area contributed by atoms with Crippen molar-refractivity contribution >= 4 is 0 Å². The summed E-state index contributed by atoms with van der Waals surface area (Å²) in [6, 6.07) is 5.36. The average molecular weight is 236 g/mol. The molecular weight excluding hydrogens is 216 g/mol. The van der Waals surface area contributed by atoms with Crippen molar-refractivity contribution in [3.63, 3.8) is 0 Å². The van der Waals surface area contributed by atoms with E-state index in [9.17, 15) is 4.79 Å². The summed E-state index contributed by atoms with van der Waals surface area (Å²) in [5.41, 5.74) is 1.08. The minimum atomic E-state index is 0.0731. The smallest absolute Gasteiger partial charge is 0.250 e. The third-order valence-electron chi connectivity index (χ3n) is 3.18. The second kappa shape index (κ2) is 5.98. The first kappa shape index (κ1) is 12.3. The molecule has 1 atom stereocenters. The van der Waals surface area contributed by atoms with Crippen LogP contribution in [0.1, 0.15) is 18.5 Å².